The second kappa shape index (κ2) is 5.46. The van der Waals surface area contributed by atoms with Crippen LogP contribution in [0.25, 0.3) is 0 Å². The number of nitrogens with zero attached hydrogens (tertiary/aromatic N) is 2. The van der Waals surface area contributed by atoms with Gasteiger partial charge in [-0.25, -0.2) is 13.4 Å². The normalized spacial score (nSPS) is 25.2. The third kappa shape index (κ3) is 2.74. The summed E-state index contributed by atoms with van der Waals surface area (Å²) < 4.78 is 27.0. The summed E-state index contributed by atoms with van der Waals surface area (Å²) in [5.74, 6) is 0.578. The van der Waals surface area contributed by atoms with E-state index in [0.717, 1.165) is 12.8 Å². The number of piperidine rings is 1. The van der Waals surface area contributed by atoms with Crippen molar-refractivity contribution >= 4 is 15.7 Å². The number of sulfonamides is 1. The zero-order valence-electron chi connectivity index (χ0n) is 11.6. The molecule has 106 valence electrons. The average molecular weight is 283 g/mol. The number of pyridine rings is 1. The Morgan fingerprint density at radius 2 is 2.16 bits per heavy atom. The molecule has 2 unspecified atom stereocenters. The van der Waals surface area contributed by atoms with Gasteiger partial charge < -0.3 is 5.32 Å². The van der Waals surface area contributed by atoms with Gasteiger partial charge in [0.1, 0.15) is 0 Å². The van der Waals surface area contributed by atoms with Gasteiger partial charge in [0, 0.05) is 25.8 Å². The van der Waals surface area contributed by atoms with Crippen molar-refractivity contribution in [2.75, 3.05) is 18.9 Å². The number of hydrogen-bond acceptors (Lipinski definition) is 4. The maximum absolute atomic E-state index is 12.7. The van der Waals surface area contributed by atoms with Crippen molar-refractivity contribution in [3.8, 4) is 0 Å². The van der Waals surface area contributed by atoms with Crippen molar-refractivity contribution in [3.05, 3.63) is 18.3 Å². The van der Waals surface area contributed by atoms with E-state index in [1.807, 2.05) is 6.92 Å². The van der Waals surface area contributed by atoms with Crippen molar-refractivity contribution < 1.29 is 8.42 Å². The lowest BCUT2D eigenvalue weighted by molar-refractivity contribution is 0.219. The molecule has 0 aromatic carbocycles. The van der Waals surface area contributed by atoms with Crippen LogP contribution < -0.4 is 5.32 Å². The third-order valence-electron chi connectivity index (χ3n) is 3.67. The highest BCUT2D eigenvalue weighted by Crippen LogP contribution is 2.29. The Morgan fingerprint density at radius 3 is 2.79 bits per heavy atom. The van der Waals surface area contributed by atoms with Crippen LogP contribution in [0, 0.1) is 5.92 Å². The molecule has 0 amide bonds. The Morgan fingerprint density at radius 1 is 1.42 bits per heavy atom. The molecule has 1 aromatic rings. The van der Waals surface area contributed by atoms with Gasteiger partial charge in [-0.2, -0.15) is 4.31 Å². The Kier molecular flexibility index (Phi) is 4.10. The summed E-state index contributed by atoms with van der Waals surface area (Å²) in [6.45, 7) is 4.71. The standard InChI is InChI=1S/C13H21N3O2S/c1-10-6-8-16(11(2)9-10)19(17,18)13-12(14-3)5-4-7-15-13/h4-5,7,10-11,14H,6,8-9H2,1-3H3. The number of rotatable bonds is 3. The van der Waals surface area contributed by atoms with E-state index in [1.165, 1.54) is 6.20 Å². The van der Waals surface area contributed by atoms with Crippen molar-refractivity contribution in [2.24, 2.45) is 5.92 Å². The van der Waals surface area contributed by atoms with E-state index in [0.29, 0.717) is 18.2 Å². The zero-order valence-corrected chi connectivity index (χ0v) is 12.4. The van der Waals surface area contributed by atoms with E-state index >= 15 is 0 Å². The molecule has 1 fully saturated rings. The molecule has 0 saturated carbocycles. The van der Waals surface area contributed by atoms with Gasteiger partial charge >= 0.3 is 0 Å². The predicted molar refractivity (Wildman–Crippen MR) is 75.5 cm³/mol. The van der Waals surface area contributed by atoms with E-state index in [4.69, 9.17) is 0 Å². The van der Waals surface area contributed by atoms with Gasteiger partial charge in [-0.15, -0.1) is 0 Å². The number of anilines is 1. The van der Waals surface area contributed by atoms with Gasteiger partial charge in [0.25, 0.3) is 10.0 Å². The zero-order chi connectivity index (χ0) is 14.0. The first-order valence-electron chi connectivity index (χ1n) is 6.61. The fraction of sp³-hybridized carbons (Fsp3) is 0.615. The molecular formula is C13H21N3O2S. The van der Waals surface area contributed by atoms with E-state index in [-0.39, 0.29) is 11.1 Å². The largest absolute Gasteiger partial charge is 0.386 e. The lowest BCUT2D eigenvalue weighted by atomic mass is 9.95. The van der Waals surface area contributed by atoms with Crippen LogP contribution in [-0.4, -0.2) is 37.3 Å². The summed E-state index contributed by atoms with van der Waals surface area (Å²) in [5, 5.41) is 3.02. The molecule has 6 heteroatoms. The smallest absolute Gasteiger partial charge is 0.262 e. The van der Waals surface area contributed by atoms with Crippen LogP contribution in [0.15, 0.2) is 23.4 Å². The molecule has 2 heterocycles. The van der Waals surface area contributed by atoms with Crippen LogP contribution in [0.2, 0.25) is 0 Å². The minimum absolute atomic E-state index is 0.0282. The third-order valence-corrected chi connectivity index (χ3v) is 5.64. The van der Waals surface area contributed by atoms with Crippen molar-refractivity contribution in [2.45, 2.75) is 37.8 Å². The molecule has 19 heavy (non-hydrogen) atoms. The van der Waals surface area contributed by atoms with Gasteiger partial charge in [0.2, 0.25) is 0 Å². The van der Waals surface area contributed by atoms with E-state index in [9.17, 15) is 8.42 Å². The summed E-state index contributed by atoms with van der Waals surface area (Å²) in [5.41, 5.74) is 0.549. The Bertz CT molecular complexity index is 545. The quantitative estimate of drug-likeness (QED) is 0.920. The molecule has 0 radical (unpaired) electrons. The molecule has 1 aliphatic rings. The summed E-state index contributed by atoms with van der Waals surface area (Å²) in [6, 6.07) is 3.49. The molecule has 1 aromatic heterocycles. The number of aromatic nitrogens is 1. The summed E-state index contributed by atoms with van der Waals surface area (Å²) >= 11 is 0. The topological polar surface area (TPSA) is 62.3 Å². The van der Waals surface area contributed by atoms with Crippen LogP contribution >= 0.6 is 0 Å². The molecule has 1 N–H and O–H groups in total. The van der Waals surface area contributed by atoms with Gasteiger partial charge in [0.05, 0.1) is 5.69 Å². The van der Waals surface area contributed by atoms with Gasteiger partial charge in [0.15, 0.2) is 5.03 Å². The highest BCUT2D eigenvalue weighted by molar-refractivity contribution is 7.89. The molecule has 2 atom stereocenters. The van der Waals surface area contributed by atoms with Crippen molar-refractivity contribution in [1.82, 2.24) is 9.29 Å². The van der Waals surface area contributed by atoms with E-state index in [1.54, 1.807) is 23.5 Å². The lowest BCUT2D eigenvalue weighted by Crippen LogP contribution is -2.44. The average Bonchev–Trinajstić information content (AvgIpc) is 2.38. The highest BCUT2D eigenvalue weighted by atomic mass is 32.2. The molecule has 1 saturated heterocycles. The van der Waals surface area contributed by atoms with Gasteiger partial charge in [-0.1, -0.05) is 6.92 Å². The molecule has 0 spiro atoms. The Balaban J connectivity index is 2.37. The first kappa shape index (κ1) is 14.3. The Hall–Kier alpha value is -1.14. The van der Waals surface area contributed by atoms with Gasteiger partial charge in [-0.3, -0.25) is 0 Å². The van der Waals surface area contributed by atoms with Crippen LogP contribution in [0.3, 0.4) is 0 Å². The van der Waals surface area contributed by atoms with Crippen LogP contribution in [0.5, 0.6) is 0 Å². The van der Waals surface area contributed by atoms with Gasteiger partial charge in [-0.05, 0) is 37.8 Å². The molecule has 0 bridgehead atoms. The minimum atomic E-state index is -3.52. The Labute approximate surface area is 115 Å². The number of nitrogens with one attached hydrogen (secondary N) is 1. The predicted octanol–water partition coefficient (Wildman–Crippen LogP) is 1.93. The van der Waals surface area contributed by atoms with Crippen LogP contribution in [0.1, 0.15) is 26.7 Å². The second-order valence-electron chi connectivity index (χ2n) is 5.20. The van der Waals surface area contributed by atoms with Crippen LogP contribution in [-0.2, 0) is 10.0 Å². The highest BCUT2D eigenvalue weighted by Gasteiger charge is 2.35. The van der Waals surface area contributed by atoms with Crippen LogP contribution in [0.4, 0.5) is 5.69 Å². The monoisotopic (exact) mass is 283 g/mol. The van der Waals surface area contributed by atoms with Crippen molar-refractivity contribution in [1.29, 1.82) is 0 Å². The fourth-order valence-electron chi connectivity index (χ4n) is 2.64. The summed E-state index contributed by atoms with van der Waals surface area (Å²) in [6.07, 6.45) is 3.33. The first-order valence-corrected chi connectivity index (χ1v) is 8.05. The van der Waals surface area contributed by atoms with E-state index < -0.39 is 10.0 Å². The SMILES string of the molecule is CNc1cccnc1S(=O)(=O)N1CCC(C)CC1C. The summed E-state index contributed by atoms with van der Waals surface area (Å²) in [7, 11) is -1.81. The molecule has 2 rings (SSSR count). The molecule has 5 nitrogen and oxygen atoms in total. The maximum atomic E-state index is 12.7. The molecule has 0 aliphatic carbocycles. The fourth-order valence-corrected chi connectivity index (χ4v) is 4.41. The van der Waals surface area contributed by atoms with E-state index in [2.05, 4.69) is 17.2 Å². The summed E-state index contributed by atoms with van der Waals surface area (Å²) in [4.78, 5) is 4.06. The molecular weight excluding hydrogens is 262 g/mol. The second-order valence-corrected chi connectivity index (χ2v) is 7.01. The molecule has 1 aliphatic heterocycles. The minimum Gasteiger partial charge on any atom is -0.386 e. The maximum Gasteiger partial charge on any atom is 0.262 e. The first-order chi connectivity index (χ1) is 8.96. The van der Waals surface area contributed by atoms with Crippen molar-refractivity contribution in [3.63, 3.8) is 0 Å². The lowest BCUT2D eigenvalue weighted by Gasteiger charge is -2.35. The number of hydrogen-bond donors (Lipinski definition) is 1.